The van der Waals surface area contributed by atoms with Gasteiger partial charge in [0, 0.05) is 6.54 Å². The zero-order chi connectivity index (χ0) is 11.6. The number of hydrogen-bond donors (Lipinski definition) is 1. The lowest BCUT2D eigenvalue weighted by atomic mass is 9.77. The van der Waals surface area contributed by atoms with Crippen molar-refractivity contribution in [2.75, 3.05) is 13.7 Å². The lowest BCUT2D eigenvalue weighted by molar-refractivity contribution is -0.153. The highest BCUT2D eigenvalue weighted by Gasteiger charge is 2.50. The van der Waals surface area contributed by atoms with Crippen molar-refractivity contribution in [3.8, 4) is 0 Å². The molecule has 1 fully saturated rings. The second kappa shape index (κ2) is 4.55. The van der Waals surface area contributed by atoms with Gasteiger partial charge in [0.05, 0.1) is 12.5 Å². The molecule has 0 saturated heterocycles. The van der Waals surface area contributed by atoms with E-state index in [9.17, 15) is 4.79 Å². The molecule has 1 aliphatic carbocycles. The first-order valence-corrected chi connectivity index (χ1v) is 6.47. The third-order valence-corrected chi connectivity index (χ3v) is 4.15. The molecular weight excluding hydrogens is 222 g/mol. The van der Waals surface area contributed by atoms with Gasteiger partial charge in [-0.25, -0.2) is 0 Å². The Bertz CT molecular complexity index is 359. The molecule has 0 spiro atoms. The SMILES string of the molecule is COC(=O)C(CN)(Cc1ccsc1)C1CC1. The van der Waals surface area contributed by atoms with Gasteiger partial charge in [-0.2, -0.15) is 11.3 Å². The number of rotatable bonds is 5. The molecule has 3 nitrogen and oxygen atoms in total. The Balaban J connectivity index is 2.22. The van der Waals surface area contributed by atoms with Gasteiger partial charge >= 0.3 is 5.97 Å². The molecule has 0 aromatic carbocycles. The van der Waals surface area contributed by atoms with Gasteiger partial charge in [-0.1, -0.05) is 0 Å². The maximum Gasteiger partial charge on any atom is 0.313 e. The van der Waals surface area contributed by atoms with Crippen molar-refractivity contribution in [1.29, 1.82) is 0 Å². The summed E-state index contributed by atoms with van der Waals surface area (Å²) >= 11 is 1.65. The Morgan fingerprint density at radius 3 is 2.88 bits per heavy atom. The summed E-state index contributed by atoms with van der Waals surface area (Å²) in [6, 6.07) is 2.06. The second-order valence-electron chi connectivity index (χ2n) is 4.43. The maximum atomic E-state index is 12.0. The zero-order valence-corrected chi connectivity index (χ0v) is 10.3. The first-order valence-electron chi connectivity index (χ1n) is 5.52. The van der Waals surface area contributed by atoms with E-state index in [-0.39, 0.29) is 5.97 Å². The first kappa shape index (κ1) is 11.6. The van der Waals surface area contributed by atoms with E-state index in [1.165, 1.54) is 12.7 Å². The smallest absolute Gasteiger partial charge is 0.313 e. The molecule has 1 heterocycles. The Kier molecular flexibility index (Phi) is 3.30. The topological polar surface area (TPSA) is 52.3 Å². The van der Waals surface area contributed by atoms with Crippen LogP contribution in [0.15, 0.2) is 16.8 Å². The highest BCUT2D eigenvalue weighted by Crippen LogP contribution is 2.48. The summed E-state index contributed by atoms with van der Waals surface area (Å²) in [5.41, 5.74) is 6.54. The number of ether oxygens (including phenoxy) is 1. The number of thiophene rings is 1. The molecule has 4 heteroatoms. The van der Waals surface area contributed by atoms with Crippen LogP contribution < -0.4 is 5.73 Å². The van der Waals surface area contributed by atoms with Crippen LogP contribution in [0.2, 0.25) is 0 Å². The van der Waals surface area contributed by atoms with Crippen molar-refractivity contribution in [1.82, 2.24) is 0 Å². The number of nitrogens with two attached hydrogens (primary N) is 1. The maximum absolute atomic E-state index is 12.0. The molecule has 0 radical (unpaired) electrons. The van der Waals surface area contributed by atoms with E-state index in [2.05, 4.69) is 11.4 Å². The number of carbonyl (C=O) groups is 1. The Morgan fingerprint density at radius 2 is 2.44 bits per heavy atom. The molecular formula is C12H17NO2S. The van der Waals surface area contributed by atoms with Gasteiger partial charge in [0.15, 0.2) is 0 Å². The predicted octanol–water partition coefficient (Wildman–Crippen LogP) is 1.82. The summed E-state index contributed by atoms with van der Waals surface area (Å²) in [5.74, 6) is 0.258. The minimum Gasteiger partial charge on any atom is -0.469 e. The molecule has 1 aromatic heterocycles. The lowest BCUT2D eigenvalue weighted by Gasteiger charge is -2.29. The number of carbonyl (C=O) groups excluding carboxylic acids is 1. The highest BCUT2D eigenvalue weighted by atomic mass is 32.1. The highest BCUT2D eigenvalue weighted by molar-refractivity contribution is 7.07. The van der Waals surface area contributed by atoms with E-state index >= 15 is 0 Å². The van der Waals surface area contributed by atoms with Crippen LogP contribution in [0.25, 0.3) is 0 Å². The van der Waals surface area contributed by atoms with Gasteiger partial charge in [-0.15, -0.1) is 0 Å². The molecule has 88 valence electrons. The molecule has 1 atom stereocenters. The first-order chi connectivity index (χ1) is 7.73. The quantitative estimate of drug-likeness (QED) is 0.797. The monoisotopic (exact) mass is 239 g/mol. The summed E-state index contributed by atoms with van der Waals surface area (Å²) in [4.78, 5) is 12.0. The van der Waals surface area contributed by atoms with Crippen molar-refractivity contribution in [3.05, 3.63) is 22.4 Å². The molecule has 0 amide bonds. The van der Waals surface area contributed by atoms with Gasteiger partial charge < -0.3 is 10.5 Å². The Labute approximate surface area is 99.6 Å². The molecule has 16 heavy (non-hydrogen) atoms. The zero-order valence-electron chi connectivity index (χ0n) is 9.44. The average molecular weight is 239 g/mol. The van der Waals surface area contributed by atoms with E-state index in [0.29, 0.717) is 18.9 Å². The van der Waals surface area contributed by atoms with Crippen molar-refractivity contribution in [2.45, 2.75) is 19.3 Å². The molecule has 0 aliphatic heterocycles. The van der Waals surface area contributed by atoms with Crippen LogP contribution in [-0.2, 0) is 16.0 Å². The molecule has 1 saturated carbocycles. The summed E-state index contributed by atoms with van der Waals surface area (Å²) in [6.45, 7) is 0.375. The summed E-state index contributed by atoms with van der Waals surface area (Å²) in [7, 11) is 1.45. The van der Waals surface area contributed by atoms with Gasteiger partial charge in [-0.3, -0.25) is 4.79 Å². The van der Waals surface area contributed by atoms with E-state index in [0.717, 1.165) is 12.8 Å². The Morgan fingerprint density at radius 1 is 1.69 bits per heavy atom. The second-order valence-corrected chi connectivity index (χ2v) is 5.21. The van der Waals surface area contributed by atoms with Crippen molar-refractivity contribution >= 4 is 17.3 Å². The van der Waals surface area contributed by atoms with Crippen LogP contribution in [0.3, 0.4) is 0 Å². The van der Waals surface area contributed by atoms with Crippen molar-refractivity contribution < 1.29 is 9.53 Å². The van der Waals surface area contributed by atoms with Crippen LogP contribution >= 0.6 is 11.3 Å². The summed E-state index contributed by atoms with van der Waals surface area (Å²) in [6.07, 6.45) is 2.90. The van der Waals surface area contributed by atoms with Crippen molar-refractivity contribution in [3.63, 3.8) is 0 Å². The molecule has 0 bridgehead atoms. The van der Waals surface area contributed by atoms with Crippen LogP contribution in [0.4, 0.5) is 0 Å². The van der Waals surface area contributed by atoms with Gasteiger partial charge in [0.1, 0.15) is 0 Å². The average Bonchev–Trinajstić information content (AvgIpc) is 3.04. The number of hydrogen-bond acceptors (Lipinski definition) is 4. The van der Waals surface area contributed by atoms with Crippen LogP contribution in [-0.4, -0.2) is 19.6 Å². The van der Waals surface area contributed by atoms with Crippen molar-refractivity contribution in [2.24, 2.45) is 17.1 Å². The minimum atomic E-state index is -0.490. The number of methoxy groups -OCH3 is 1. The fourth-order valence-electron chi connectivity index (χ4n) is 2.30. The fourth-order valence-corrected chi connectivity index (χ4v) is 2.97. The van der Waals surface area contributed by atoms with Gasteiger partial charge in [-0.05, 0) is 47.6 Å². The van der Waals surface area contributed by atoms with E-state index in [4.69, 9.17) is 10.5 Å². The molecule has 1 aliphatic rings. The third-order valence-electron chi connectivity index (χ3n) is 3.41. The lowest BCUT2D eigenvalue weighted by Crippen LogP contribution is -2.43. The predicted molar refractivity (Wildman–Crippen MR) is 64.3 cm³/mol. The largest absolute Gasteiger partial charge is 0.469 e. The van der Waals surface area contributed by atoms with E-state index in [1.807, 2.05) is 5.38 Å². The van der Waals surface area contributed by atoms with E-state index in [1.54, 1.807) is 11.3 Å². The van der Waals surface area contributed by atoms with Gasteiger partial charge in [0.25, 0.3) is 0 Å². The van der Waals surface area contributed by atoms with Crippen LogP contribution in [0.1, 0.15) is 18.4 Å². The molecule has 1 unspecified atom stereocenters. The summed E-state index contributed by atoms with van der Waals surface area (Å²) in [5, 5.41) is 4.11. The molecule has 1 aromatic rings. The third kappa shape index (κ3) is 1.99. The van der Waals surface area contributed by atoms with Gasteiger partial charge in [0.2, 0.25) is 0 Å². The molecule has 2 rings (SSSR count). The van der Waals surface area contributed by atoms with Crippen LogP contribution in [0.5, 0.6) is 0 Å². The van der Waals surface area contributed by atoms with Crippen LogP contribution in [0, 0.1) is 11.3 Å². The standard InChI is InChI=1S/C12H17NO2S/c1-15-11(14)12(8-13,10-2-3-10)6-9-4-5-16-7-9/h4-5,7,10H,2-3,6,8,13H2,1H3. The number of esters is 1. The Hall–Kier alpha value is -0.870. The minimum absolute atomic E-state index is 0.149. The van der Waals surface area contributed by atoms with E-state index < -0.39 is 5.41 Å². The fraction of sp³-hybridized carbons (Fsp3) is 0.583. The normalized spacial score (nSPS) is 19.1. The molecule has 2 N–H and O–H groups in total. The summed E-state index contributed by atoms with van der Waals surface area (Å²) < 4.78 is 4.94.